The standard InChI is InChI=1S/C13H13Cl2N3/c1-9(14)12-11(15)13(18-8-17-12)16-7-10-5-3-2-4-6-10/h2-6,8-9H,7H2,1H3,(H,16,17,18). The molecule has 0 aliphatic heterocycles. The number of rotatable bonds is 4. The van der Waals surface area contributed by atoms with Crippen LogP contribution in [0.4, 0.5) is 5.82 Å². The number of benzene rings is 1. The van der Waals surface area contributed by atoms with E-state index in [0.29, 0.717) is 23.1 Å². The van der Waals surface area contributed by atoms with Gasteiger partial charge in [-0.05, 0) is 12.5 Å². The van der Waals surface area contributed by atoms with Gasteiger partial charge in [-0.1, -0.05) is 41.9 Å². The Bertz CT molecular complexity index is 515. The predicted molar refractivity (Wildman–Crippen MR) is 75.1 cm³/mol. The number of nitrogens with one attached hydrogen (secondary N) is 1. The average Bonchev–Trinajstić information content (AvgIpc) is 2.38. The molecule has 3 nitrogen and oxygen atoms in total. The van der Waals surface area contributed by atoms with E-state index in [2.05, 4.69) is 15.3 Å². The Morgan fingerprint density at radius 1 is 1.22 bits per heavy atom. The Morgan fingerprint density at radius 3 is 2.61 bits per heavy atom. The molecule has 5 heteroatoms. The van der Waals surface area contributed by atoms with Crippen LogP contribution in [0.15, 0.2) is 36.7 Å². The van der Waals surface area contributed by atoms with Gasteiger partial charge in [0.15, 0.2) is 0 Å². The number of alkyl halides is 1. The molecule has 1 unspecified atom stereocenters. The lowest BCUT2D eigenvalue weighted by molar-refractivity contribution is 0.960. The van der Waals surface area contributed by atoms with E-state index in [0.717, 1.165) is 5.56 Å². The molecule has 1 N–H and O–H groups in total. The molecule has 0 aliphatic rings. The fourth-order valence-electron chi connectivity index (χ4n) is 1.57. The van der Waals surface area contributed by atoms with E-state index in [4.69, 9.17) is 23.2 Å². The van der Waals surface area contributed by atoms with Crippen molar-refractivity contribution in [3.05, 3.63) is 52.9 Å². The van der Waals surface area contributed by atoms with Gasteiger partial charge in [0.1, 0.15) is 17.2 Å². The molecule has 0 fully saturated rings. The zero-order valence-electron chi connectivity index (χ0n) is 9.90. The number of halogens is 2. The first-order valence-electron chi connectivity index (χ1n) is 5.60. The van der Waals surface area contributed by atoms with Crippen molar-refractivity contribution in [1.29, 1.82) is 0 Å². The van der Waals surface area contributed by atoms with Crippen LogP contribution in [-0.2, 0) is 6.54 Å². The molecule has 1 atom stereocenters. The monoisotopic (exact) mass is 281 g/mol. The van der Waals surface area contributed by atoms with E-state index in [1.165, 1.54) is 6.33 Å². The van der Waals surface area contributed by atoms with Crippen LogP contribution in [0.5, 0.6) is 0 Å². The quantitative estimate of drug-likeness (QED) is 0.860. The van der Waals surface area contributed by atoms with Gasteiger partial charge in [0.2, 0.25) is 0 Å². The van der Waals surface area contributed by atoms with Gasteiger partial charge in [-0.3, -0.25) is 0 Å². The largest absolute Gasteiger partial charge is 0.365 e. The Kier molecular flexibility index (Phi) is 4.39. The van der Waals surface area contributed by atoms with Gasteiger partial charge in [0.05, 0.1) is 11.1 Å². The summed E-state index contributed by atoms with van der Waals surface area (Å²) >= 11 is 12.2. The highest BCUT2D eigenvalue weighted by molar-refractivity contribution is 6.34. The fourth-order valence-corrected chi connectivity index (χ4v) is 2.12. The van der Waals surface area contributed by atoms with Gasteiger partial charge < -0.3 is 5.32 Å². The predicted octanol–water partition coefficient (Wildman–Crippen LogP) is 4.04. The third kappa shape index (κ3) is 3.12. The summed E-state index contributed by atoms with van der Waals surface area (Å²) in [5.41, 5.74) is 1.80. The summed E-state index contributed by atoms with van der Waals surface area (Å²) in [5.74, 6) is 0.609. The van der Waals surface area contributed by atoms with E-state index >= 15 is 0 Å². The highest BCUT2D eigenvalue weighted by Crippen LogP contribution is 2.29. The molecule has 94 valence electrons. The number of nitrogens with zero attached hydrogens (tertiary/aromatic N) is 2. The lowest BCUT2D eigenvalue weighted by Gasteiger charge is -2.11. The SMILES string of the molecule is CC(Cl)c1ncnc(NCc2ccccc2)c1Cl. The van der Waals surface area contributed by atoms with Crippen molar-refractivity contribution >= 4 is 29.0 Å². The number of hydrogen-bond donors (Lipinski definition) is 1. The average molecular weight is 282 g/mol. The molecule has 18 heavy (non-hydrogen) atoms. The van der Waals surface area contributed by atoms with Crippen LogP contribution in [0.1, 0.15) is 23.6 Å². The molecular weight excluding hydrogens is 269 g/mol. The van der Waals surface area contributed by atoms with Crippen LogP contribution in [0.3, 0.4) is 0 Å². The lowest BCUT2D eigenvalue weighted by Crippen LogP contribution is -2.04. The third-order valence-electron chi connectivity index (χ3n) is 2.50. The first-order chi connectivity index (χ1) is 8.68. The summed E-state index contributed by atoms with van der Waals surface area (Å²) in [6.45, 7) is 2.49. The third-order valence-corrected chi connectivity index (χ3v) is 3.08. The summed E-state index contributed by atoms with van der Waals surface area (Å²) < 4.78 is 0. The van der Waals surface area contributed by atoms with Crippen molar-refractivity contribution in [2.45, 2.75) is 18.8 Å². The second-order valence-electron chi connectivity index (χ2n) is 3.88. The molecule has 1 aromatic carbocycles. The Hall–Kier alpha value is -1.32. The summed E-state index contributed by atoms with van der Waals surface area (Å²) in [4.78, 5) is 8.20. The number of aromatic nitrogens is 2. The van der Waals surface area contributed by atoms with Crippen LogP contribution in [0.25, 0.3) is 0 Å². The molecule has 2 aromatic rings. The van der Waals surface area contributed by atoms with E-state index in [1.54, 1.807) is 0 Å². The molecule has 0 saturated carbocycles. The molecule has 0 bridgehead atoms. The minimum Gasteiger partial charge on any atom is -0.365 e. The van der Waals surface area contributed by atoms with Gasteiger partial charge >= 0.3 is 0 Å². The van der Waals surface area contributed by atoms with Crippen LogP contribution in [0, 0.1) is 0 Å². The van der Waals surface area contributed by atoms with Crippen LogP contribution in [-0.4, -0.2) is 9.97 Å². The van der Waals surface area contributed by atoms with Crippen LogP contribution < -0.4 is 5.32 Å². The summed E-state index contributed by atoms with van der Waals surface area (Å²) in [7, 11) is 0. The first-order valence-corrected chi connectivity index (χ1v) is 6.42. The Morgan fingerprint density at radius 2 is 1.94 bits per heavy atom. The van der Waals surface area contributed by atoms with E-state index in [1.807, 2.05) is 37.3 Å². The summed E-state index contributed by atoms with van der Waals surface area (Å²) in [5, 5.41) is 3.43. The van der Waals surface area contributed by atoms with Crippen molar-refractivity contribution in [3.8, 4) is 0 Å². The van der Waals surface area contributed by atoms with E-state index in [9.17, 15) is 0 Å². The maximum absolute atomic E-state index is 6.20. The van der Waals surface area contributed by atoms with Gasteiger partial charge in [0, 0.05) is 6.54 Å². The van der Waals surface area contributed by atoms with Crippen molar-refractivity contribution in [2.75, 3.05) is 5.32 Å². The van der Waals surface area contributed by atoms with Gasteiger partial charge in [-0.15, -0.1) is 11.6 Å². The zero-order chi connectivity index (χ0) is 13.0. The van der Waals surface area contributed by atoms with E-state index < -0.39 is 0 Å². The van der Waals surface area contributed by atoms with Crippen molar-refractivity contribution in [2.24, 2.45) is 0 Å². The zero-order valence-corrected chi connectivity index (χ0v) is 11.4. The van der Waals surface area contributed by atoms with Crippen LogP contribution in [0.2, 0.25) is 5.02 Å². The number of hydrogen-bond acceptors (Lipinski definition) is 3. The van der Waals surface area contributed by atoms with E-state index in [-0.39, 0.29) is 5.38 Å². The fraction of sp³-hybridized carbons (Fsp3) is 0.231. The van der Waals surface area contributed by atoms with Gasteiger partial charge in [-0.2, -0.15) is 0 Å². The molecule has 0 amide bonds. The molecular formula is C13H13Cl2N3. The minimum absolute atomic E-state index is 0.238. The number of anilines is 1. The van der Waals surface area contributed by atoms with Gasteiger partial charge in [0.25, 0.3) is 0 Å². The maximum atomic E-state index is 6.20. The normalized spacial score (nSPS) is 12.2. The second kappa shape index (κ2) is 6.03. The molecule has 0 saturated heterocycles. The molecule has 1 heterocycles. The topological polar surface area (TPSA) is 37.8 Å². The highest BCUT2D eigenvalue weighted by Gasteiger charge is 2.12. The molecule has 2 rings (SSSR count). The van der Waals surface area contributed by atoms with Crippen molar-refractivity contribution in [3.63, 3.8) is 0 Å². The smallest absolute Gasteiger partial charge is 0.148 e. The lowest BCUT2D eigenvalue weighted by atomic mass is 10.2. The Labute approximate surface area is 116 Å². The van der Waals surface area contributed by atoms with Gasteiger partial charge in [-0.25, -0.2) is 9.97 Å². The summed E-state index contributed by atoms with van der Waals surface area (Å²) in [6.07, 6.45) is 1.47. The molecule has 0 radical (unpaired) electrons. The first kappa shape index (κ1) is 13.1. The van der Waals surface area contributed by atoms with Crippen molar-refractivity contribution in [1.82, 2.24) is 9.97 Å². The molecule has 0 spiro atoms. The van der Waals surface area contributed by atoms with Crippen LogP contribution >= 0.6 is 23.2 Å². The van der Waals surface area contributed by atoms with Crippen molar-refractivity contribution < 1.29 is 0 Å². The molecule has 1 aromatic heterocycles. The highest BCUT2D eigenvalue weighted by atomic mass is 35.5. The minimum atomic E-state index is -0.238. The maximum Gasteiger partial charge on any atom is 0.148 e. The second-order valence-corrected chi connectivity index (χ2v) is 4.91. The Balaban J connectivity index is 2.13. The molecule has 0 aliphatic carbocycles. The summed E-state index contributed by atoms with van der Waals surface area (Å²) in [6, 6.07) is 10.0.